The highest BCUT2D eigenvalue weighted by molar-refractivity contribution is 4.86. The normalized spacial score (nSPS) is 25.8. The molecule has 2 atom stereocenters. The van der Waals surface area contributed by atoms with Gasteiger partial charge in [0.05, 0.1) is 12.5 Å². The van der Waals surface area contributed by atoms with Crippen LogP contribution in [0.4, 0.5) is 0 Å². The van der Waals surface area contributed by atoms with Gasteiger partial charge < -0.3 is 5.73 Å². The molecule has 2 N–H and O–H groups in total. The van der Waals surface area contributed by atoms with Gasteiger partial charge in [-0.3, -0.25) is 4.90 Å². The first-order valence-electron chi connectivity index (χ1n) is 5.12. The zero-order valence-electron chi connectivity index (χ0n) is 8.37. The van der Waals surface area contributed by atoms with E-state index >= 15 is 0 Å². The fourth-order valence-corrected chi connectivity index (χ4v) is 2.02. The zero-order chi connectivity index (χ0) is 9.68. The molecule has 3 heteroatoms. The highest BCUT2D eigenvalue weighted by Crippen LogP contribution is 2.20. The van der Waals surface area contributed by atoms with Crippen molar-refractivity contribution in [3.8, 4) is 6.07 Å². The first kappa shape index (κ1) is 10.5. The average Bonchev–Trinajstić information content (AvgIpc) is 2.62. The molecule has 1 rings (SSSR count). The van der Waals surface area contributed by atoms with Crippen molar-refractivity contribution in [1.82, 2.24) is 4.90 Å². The van der Waals surface area contributed by atoms with Gasteiger partial charge in [0.15, 0.2) is 0 Å². The lowest BCUT2D eigenvalue weighted by molar-refractivity contribution is 0.231. The Kier molecular flexibility index (Phi) is 4.20. The maximum atomic E-state index is 8.65. The fraction of sp³-hybridized carbons (Fsp3) is 0.900. The summed E-state index contributed by atoms with van der Waals surface area (Å²) in [4.78, 5) is 2.42. The number of hydrogen-bond acceptors (Lipinski definition) is 3. The van der Waals surface area contributed by atoms with Crippen LogP contribution in [-0.4, -0.2) is 30.6 Å². The van der Waals surface area contributed by atoms with Crippen LogP contribution >= 0.6 is 0 Å². The average molecular weight is 181 g/mol. The topological polar surface area (TPSA) is 53.0 Å². The molecular formula is C10H19N3. The molecule has 0 aliphatic carbocycles. The smallest absolute Gasteiger partial charge is 0.0638 e. The summed E-state index contributed by atoms with van der Waals surface area (Å²) in [6.45, 7) is 5.16. The van der Waals surface area contributed by atoms with Crippen LogP contribution in [0.1, 0.15) is 26.2 Å². The van der Waals surface area contributed by atoms with Crippen LogP contribution in [0.3, 0.4) is 0 Å². The van der Waals surface area contributed by atoms with Crippen LogP contribution in [0, 0.1) is 17.2 Å². The van der Waals surface area contributed by atoms with Crippen molar-refractivity contribution < 1.29 is 0 Å². The van der Waals surface area contributed by atoms with Crippen molar-refractivity contribution >= 4 is 0 Å². The second kappa shape index (κ2) is 5.21. The summed E-state index contributed by atoms with van der Waals surface area (Å²) in [6.07, 6.45) is 2.94. The Bertz CT molecular complexity index is 185. The fourth-order valence-electron chi connectivity index (χ4n) is 2.02. The van der Waals surface area contributed by atoms with Crippen molar-refractivity contribution in [1.29, 1.82) is 5.26 Å². The van der Waals surface area contributed by atoms with Crippen molar-refractivity contribution in [3.05, 3.63) is 0 Å². The van der Waals surface area contributed by atoms with Crippen LogP contribution in [0.25, 0.3) is 0 Å². The minimum atomic E-state index is 0.460. The van der Waals surface area contributed by atoms with Crippen LogP contribution in [0.2, 0.25) is 0 Å². The van der Waals surface area contributed by atoms with Gasteiger partial charge in [0.25, 0.3) is 0 Å². The molecule has 1 fully saturated rings. The summed E-state index contributed by atoms with van der Waals surface area (Å²) in [7, 11) is 0. The number of hydrogen-bond donors (Lipinski definition) is 1. The van der Waals surface area contributed by atoms with Gasteiger partial charge in [-0.25, -0.2) is 0 Å². The van der Waals surface area contributed by atoms with E-state index in [0.29, 0.717) is 18.4 Å². The molecule has 0 aromatic carbocycles. The Hall–Kier alpha value is -0.590. The Morgan fingerprint density at radius 2 is 2.46 bits per heavy atom. The highest BCUT2D eigenvalue weighted by Gasteiger charge is 2.25. The van der Waals surface area contributed by atoms with Crippen molar-refractivity contribution in [3.63, 3.8) is 0 Å². The van der Waals surface area contributed by atoms with Crippen LogP contribution < -0.4 is 5.73 Å². The van der Waals surface area contributed by atoms with Crippen molar-refractivity contribution in [2.24, 2.45) is 11.7 Å². The van der Waals surface area contributed by atoms with E-state index in [9.17, 15) is 0 Å². The largest absolute Gasteiger partial charge is 0.330 e. The van der Waals surface area contributed by atoms with Gasteiger partial charge >= 0.3 is 0 Å². The molecule has 0 aromatic heterocycles. The molecule has 1 saturated heterocycles. The van der Waals surface area contributed by atoms with Gasteiger partial charge in [-0.1, -0.05) is 6.92 Å². The summed E-state index contributed by atoms with van der Waals surface area (Å²) < 4.78 is 0. The summed E-state index contributed by atoms with van der Waals surface area (Å²) in [5.74, 6) is 0.660. The first-order chi connectivity index (χ1) is 6.31. The zero-order valence-corrected chi connectivity index (χ0v) is 8.37. The van der Waals surface area contributed by atoms with E-state index in [1.807, 2.05) is 0 Å². The SMILES string of the molecule is CCC(CC#N)N1CCC(CN)C1. The summed E-state index contributed by atoms with van der Waals surface area (Å²) >= 11 is 0. The van der Waals surface area contributed by atoms with Gasteiger partial charge in [-0.15, -0.1) is 0 Å². The number of nitrogens with two attached hydrogens (primary N) is 1. The summed E-state index contributed by atoms with van der Waals surface area (Å²) in [6, 6.07) is 2.72. The Morgan fingerprint density at radius 3 is 2.92 bits per heavy atom. The first-order valence-corrected chi connectivity index (χ1v) is 5.12. The summed E-state index contributed by atoms with van der Waals surface area (Å²) in [5, 5.41) is 8.65. The molecule has 0 saturated carbocycles. The molecule has 74 valence electrons. The molecule has 0 bridgehead atoms. The third kappa shape index (κ3) is 2.68. The van der Waals surface area contributed by atoms with E-state index < -0.39 is 0 Å². The lowest BCUT2D eigenvalue weighted by Gasteiger charge is -2.24. The number of nitrogens with zero attached hydrogens (tertiary/aromatic N) is 2. The standard InChI is InChI=1S/C10H19N3/c1-2-10(3-5-11)13-6-4-9(7-12)8-13/h9-10H,2-4,6-8,12H2,1H3. The van der Waals surface area contributed by atoms with E-state index in [1.165, 1.54) is 6.42 Å². The Balaban J connectivity index is 2.39. The second-order valence-corrected chi connectivity index (χ2v) is 3.81. The molecule has 3 nitrogen and oxygen atoms in total. The maximum Gasteiger partial charge on any atom is 0.0638 e. The molecule has 2 unspecified atom stereocenters. The van der Waals surface area contributed by atoms with E-state index in [2.05, 4.69) is 17.9 Å². The lowest BCUT2D eigenvalue weighted by atomic mass is 10.1. The third-order valence-electron chi connectivity index (χ3n) is 2.97. The molecule has 0 amide bonds. The predicted octanol–water partition coefficient (Wildman–Crippen LogP) is 0.959. The van der Waals surface area contributed by atoms with Crippen molar-refractivity contribution in [2.45, 2.75) is 32.2 Å². The molecule has 13 heavy (non-hydrogen) atoms. The second-order valence-electron chi connectivity index (χ2n) is 3.81. The number of likely N-dealkylation sites (tertiary alicyclic amines) is 1. The van der Waals surface area contributed by atoms with Crippen LogP contribution in [-0.2, 0) is 0 Å². The quantitative estimate of drug-likeness (QED) is 0.703. The Labute approximate surface area is 80.5 Å². The Morgan fingerprint density at radius 1 is 1.69 bits per heavy atom. The minimum Gasteiger partial charge on any atom is -0.330 e. The molecule has 1 aliphatic rings. The van der Waals surface area contributed by atoms with Gasteiger partial charge in [0.2, 0.25) is 0 Å². The van der Waals surface area contributed by atoms with E-state index in [-0.39, 0.29) is 0 Å². The van der Waals surface area contributed by atoms with Gasteiger partial charge in [0, 0.05) is 12.6 Å². The van der Waals surface area contributed by atoms with Gasteiger partial charge in [-0.05, 0) is 31.8 Å². The van der Waals surface area contributed by atoms with Crippen LogP contribution in [0.5, 0.6) is 0 Å². The molecule has 0 radical (unpaired) electrons. The number of rotatable bonds is 4. The predicted molar refractivity (Wildman–Crippen MR) is 53.0 cm³/mol. The summed E-state index contributed by atoms with van der Waals surface area (Å²) in [5.41, 5.74) is 5.62. The molecule has 0 aromatic rings. The van der Waals surface area contributed by atoms with Gasteiger partial charge in [-0.2, -0.15) is 5.26 Å². The number of nitriles is 1. The monoisotopic (exact) mass is 181 g/mol. The maximum absolute atomic E-state index is 8.65. The third-order valence-corrected chi connectivity index (χ3v) is 2.97. The van der Waals surface area contributed by atoms with Crippen molar-refractivity contribution in [2.75, 3.05) is 19.6 Å². The van der Waals surface area contributed by atoms with Gasteiger partial charge in [0.1, 0.15) is 0 Å². The molecule has 1 heterocycles. The van der Waals surface area contributed by atoms with E-state index in [4.69, 9.17) is 11.0 Å². The lowest BCUT2D eigenvalue weighted by Crippen LogP contribution is -2.33. The van der Waals surface area contributed by atoms with E-state index in [0.717, 1.165) is 26.1 Å². The minimum absolute atomic E-state index is 0.460. The molecule has 0 spiro atoms. The molecule has 1 aliphatic heterocycles. The van der Waals surface area contributed by atoms with Crippen LogP contribution in [0.15, 0.2) is 0 Å². The molecular weight excluding hydrogens is 162 g/mol. The highest BCUT2D eigenvalue weighted by atomic mass is 15.2. The van der Waals surface area contributed by atoms with E-state index in [1.54, 1.807) is 0 Å².